The molecule has 4 nitrogen and oxygen atoms in total. The number of likely N-dealkylation sites (tertiary alicyclic amines) is 1. The summed E-state index contributed by atoms with van der Waals surface area (Å²) < 4.78 is 5.02. The Bertz CT molecular complexity index is 295. The van der Waals surface area contributed by atoms with Crippen molar-refractivity contribution in [3.8, 4) is 0 Å². The summed E-state index contributed by atoms with van der Waals surface area (Å²) >= 11 is 0. The van der Waals surface area contributed by atoms with Gasteiger partial charge in [0.25, 0.3) is 0 Å². The molecule has 2 unspecified atom stereocenters. The highest BCUT2D eigenvalue weighted by atomic mass is 16.5. The Morgan fingerprint density at radius 1 is 1.39 bits per heavy atom. The summed E-state index contributed by atoms with van der Waals surface area (Å²) in [6, 6.07) is 0. The predicted octanol–water partition coefficient (Wildman–Crippen LogP) is 1.63. The molecule has 0 radical (unpaired) electrons. The van der Waals surface area contributed by atoms with Crippen LogP contribution in [0, 0.1) is 11.3 Å². The van der Waals surface area contributed by atoms with E-state index in [1.54, 1.807) is 13.8 Å². The van der Waals surface area contributed by atoms with E-state index in [0.29, 0.717) is 24.5 Å². The van der Waals surface area contributed by atoms with Gasteiger partial charge < -0.3 is 15.4 Å². The Morgan fingerprint density at radius 2 is 2.00 bits per heavy atom. The zero-order valence-electron chi connectivity index (χ0n) is 12.5. The van der Waals surface area contributed by atoms with Crippen LogP contribution in [0.5, 0.6) is 0 Å². The fourth-order valence-electron chi connectivity index (χ4n) is 2.51. The molecule has 1 heterocycles. The summed E-state index contributed by atoms with van der Waals surface area (Å²) in [5.41, 5.74) is 5.49. The van der Waals surface area contributed by atoms with Gasteiger partial charge in [0.1, 0.15) is 5.54 Å². The molecule has 4 heteroatoms. The number of nitrogens with two attached hydrogens (primary N) is 1. The number of nitrogens with zero attached hydrogens (tertiary/aromatic N) is 1. The lowest BCUT2D eigenvalue weighted by Gasteiger charge is -2.30. The summed E-state index contributed by atoms with van der Waals surface area (Å²) in [5, 5.41) is 0. The summed E-state index contributed by atoms with van der Waals surface area (Å²) in [5.74, 6) is 0.375. The standard InChI is InChI=1S/C14H28N2O2/c1-6-18-12(17)14(5,15)10-16-8-7-11(9-16)13(2,3)4/h11H,6-10,15H2,1-5H3. The van der Waals surface area contributed by atoms with Gasteiger partial charge in [0.15, 0.2) is 0 Å². The highest BCUT2D eigenvalue weighted by Crippen LogP contribution is 2.33. The predicted molar refractivity (Wildman–Crippen MR) is 73.2 cm³/mol. The third-order valence-electron chi connectivity index (χ3n) is 3.79. The first-order valence-electron chi connectivity index (χ1n) is 6.85. The number of hydrogen-bond donors (Lipinski definition) is 1. The van der Waals surface area contributed by atoms with E-state index in [1.807, 2.05) is 0 Å². The van der Waals surface area contributed by atoms with Crippen molar-refractivity contribution >= 4 is 5.97 Å². The number of hydrogen-bond acceptors (Lipinski definition) is 4. The highest BCUT2D eigenvalue weighted by molar-refractivity contribution is 5.80. The maximum atomic E-state index is 11.8. The lowest BCUT2D eigenvalue weighted by atomic mass is 9.80. The van der Waals surface area contributed by atoms with Crippen molar-refractivity contribution in [2.75, 3.05) is 26.2 Å². The van der Waals surface area contributed by atoms with Crippen LogP contribution in [-0.2, 0) is 9.53 Å². The zero-order chi connectivity index (χ0) is 14.0. The lowest BCUT2D eigenvalue weighted by molar-refractivity contribution is -0.149. The molecule has 0 aliphatic carbocycles. The van der Waals surface area contributed by atoms with Crippen LogP contribution in [0.2, 0.25) is 0 Å². The number of carbonyl (C=O) groups is 1. The lowest BCUT2D eigenvalue weighted by Crippen LogP contribution is -2.54. The Hall–Kier alpha value is -0.610. The van der Waals surface area contributed by atoms with Crippen molar-refractivity contribution in [2.45, 2.75) is 46.6 Å². The Balaban J connectivity index is 2.52. The Morgan fingerprint density at radius 3 is 2.44 bits per heavy atom. The monoisotopic (exact) mass is 256 g/mol. The molecule has 2 N–H and O–H groups in total. The van der Waals surface area contributed by atoms with E-state index in [4.69, 9.17) is 10.5 Å². The molecular formula is C14H28N2O2. The highest BCUT2D eigenvalue weighted by Gasteiger charge is 2.37. The second-order valence-electron chi connectivity index (χ2n) is 6.72. The van der Waals surface area contributed by atoms with E-state index in [-0.39, 0.29) is 5.97 Å². The van der Waals surface area contributed by atoms with Crippen LogP contribution < -0.4 is 5.73 Å². The van der Waals surface area contributed by atoms with Crippen molar-refractivity contribution in [3.63, 3.8) is 0 Å². The molecule has 1 rings (SSSR count). The maximum Gasteiger partial charge on any atom is 0.327 e. The van der Waals surface area contributed by atoms with Crippen LogP contribution in [0.25, 0.3) is 0 Å². The van der Waals surface area contributed by atoms with Gasteiger partial charge in [0.05, 0.1) is 6.61 Å². The van der Waals surface area contributed by atoms with Crippen molar-refractivity contribution in [1.29, 1.82) is 0 Å². The van der Waals surface area contributed by atoms with Crippen LogP contribution in [0.3, 0.4) is 0 Å². The van der Waals surface area contributed by atoms with Gasteiger partial charge in [-0.25, -0.2) is 0 Å². The largest absolute Gasteiger partial charge is 0.465 e. The molecule has 1 fully saturated rings. The molecule has 0 aromatic heterocycles. The average Bonchev–Trinajstić information content (AvgIpc) is 2.65. The van der Waals surface area contributed by atoms with Gasteiger partial charge in [-0.2, -0.15) is 0 Å². The minimum atomic E-state index is -0.900. The smallest absolute Gasteiger partial charge is 0.327 e. The summed E-state index contributed by atoms with van der Waals surface area (Å²) in [6.45, 7) is 13.4. The van der Waals surface area contributed by atoms with E-state index < -0.39 is 5.54 Å². The van der Waals surface area contributed by atoms with Gasteiger partial charge in [-0.05, 0) is 38.1 Å². The number of esters is 1. The fourth-order valence-corrected chi connectivity index (χ4v) is 2.51. The normalized spacial score (nSPS) is 24.9. The number of carbonyl (C=O) groups excluding carboxylic acids is 1. The van der Waals surface area contributed by atoms with Gasteiger partial charge in [0, 0.05) is 13.1 Å². The van der Waals surface area contributed by atoms with Crippen molar-refractivity contribution in [2.24, 2.45) is 17.1 Å². The molecule has 0 saturated carbocycles. The SMILES string of the molecule is CCOC(=O)C(C)(N)CN1CCC(C(C)(C)C)C1. The first-order chi connectivity index (χ1) is 8.16. The van der Waals surface area contributed by atoms with Crippen LogP contribution in [0.15, 0.2) is 0 Å². The molecule has 1 saturated heterocycles. The zero-order valence-corrected chi connectivity index (χ0v) is 12.5. The van der Waals surface area contributed by atoms with Crippen molar-refractivity contribution < 1.29 is 9.53 Å². The molecule has 0 spiro atoms. The van der Waals surface area contributed by atoms with E-state index in [2.05, 4.69) is 25.7 Å². The summed E-state index contributed by atoms with van der Waals surface area (Å²) in [4.78, 5) is 14.0. The minimum Gasteiger partial charge on any atom is -0.465 e. The second kappa shape index (κ2) is 5.57. The van der Waals surface area contributed by atoms with Gasteiger partial charge >= 0.3 is 5.97 Å². The van der Waals surface area contributed by atoms with Crippen LogP contribution in [-0.4, -0.2) is 42.6 Å². The number of ether oxygens (including phenoxy) is 1. The Kier molecular flexibility index (Phi) is 4.78. The molecule has 2 atom stereocenters. The van der Waals surface area contributed by atoms with Crippen LogP contribution in [0.1, 0.15) is 41.0 Å². The molecule has 1 aliphatic heterocycles. The molecule has 18 heavy (non-hydrogen) atoms. The van der Waals surface area contributed by atoms with E-state index in [1.165, 1.54) is 6.42 Å². The van der Waals surface area contributed by atoms with Gasteiger partial charge in [-0.1, -0.05) is 20.8 Å². The minimum absolute atomic E-state index is 0.302. The third kappa shape index (κ3) is 3.95. The first-order valence-corrected chi connectivity index (χ1v) is 6.85. The topological polar surface area (TPSA) is 55.6 Å². The third-order valence-corrected chi connectivity index (χ3v) is 3.79. The first kappa shape index (κ1) is 15.4. The quantitative estimate of drug-likeness (QED) is 0.777. The van der Waals surface area contributed by atoms with Crippen LogP contribution >= 0.6 is 0 Å². The van der Waals surface area contributed by atoms with E-state index in [0.717, 1.165) is 13.1 Å². The molecular weight excluding hydrogens is 228 g/mol. The fraction of sp³-hybridized carbons (Fsp3) is 0.929. The van der Waals surface area contributed by atoms with Gasteiger partial charge in [-0.3, -0.25) is 4.79 Å². The van der Waals surface area contributed by atoms with E-state index in [9.17, 15) is 4.79 Å². The Labute approximate surface area is 111 Å². The van der Waals surface area contributed by atoms with Crippen molar-refractivity contribution in [1.82, 2.24) is 4.90 Å². The molecule has 0 amide bonds. The van der Waals surface area contributed by atoms with Gasteiger partial charge in [-0.15, -0.1) is 0 Å². The summed E-state index contributed by atoms with van der Waals surface area (Å²) in [7, 11) is 0. The molecule has 106 valence electrons. The van der Waals surface area contributed by atoms with Crippen LogP contribution in [0.4, 0.5) is 0 Å². The van der Waals surface area contributed by atoms with Crippen molar-refractivity contribution in [3.05, 3.63) is 0 Å². The summed E-state index contributed by atoms with van der Waals surface area (Å²) in [6.07, 6.45) is 1.18. The average molecular weight is 256 g/mol. The molecule has 0 bridgehead atoms. The molecule has 0 aromatic carbocycles. The van der Waals surface area contributed by atoms with E-state index >= 15 is 0 Å². The van der Waals surface area contributed by atoms with Gasteiger partial charge in [0.2, 0.25) is 0 Å². The molecule has 0 aromatic rings. The number of rotatable bonds is 4. The maximum absolute atomic E-state index is 11.8. The molecule has 1 aliphatic rings. The second-order valence-corrected chi connectivity index (χ2v) is 6.72.